The van der Waals surface area contributed by atoms with Crippen molar-refractivity contribution in [1.29, 1.82) is 0 Å². The summed E-state index contributed by atoms with van der Waals surface area (Å²) in [4.78, 5) is 19.3. The summed E-state index contributed by atoms with van der Waals surface area (Å²) in [7, 11) is 0. The highest BCUT2D eigenvalue weighted by Gasteiger charge is 2.29. The molecule has 0 bridgehead atoms. The molecule has 0 aliphatic carbocycles. The van der Waals surface area contributed by atoms with Gasteiger partial charge >= 0.3 is 0 Å². The van der Waals surface area contributed by atoms with Gasteiger partial charge in [0.2, 0.25) is 0 Å². The number of fused-ring (bicyclic) bond motifs is 2. The van der Waals surface area contributed by atoms with E-state index in [-0.39, 0.29) is 5.24 Å². The summed E-state index contributed by atoms with van der Waals surface area (Å²) < 4.78 is 0.692. The average Bonchev–Trinajstić information content (AvgIpc) is 2.66. The Morgan fingerprint density at radius 3 is 2.08 bits per heavy atom. The molecule has 2 aliphatic heterocycles. The van der Waals surface area contributed by atoms with Gasteiger partial charge < -0.3 is 4.90 Å². The molecule has 0 spiro atoms. The number of likely N-dealkylation sites (tertiary alicyclic amines) is 1. The number of carbonyl (C=O) groups excluding carboxylic acids is 1. The highest BCUT2D eigenvalue weighted by molar-refractivity contribution is 8.33. The van der Waals surface area contributed by atoms with E-state index in [0.29, 0.717) is 4.32 Å². The van der Waals surface area contributed by atoms with Crippen LogP contribution in [0.5, 0.6) is 0 Å². The number of nitrogens with zero attached hydrogens (tertiary/aromatic N) is 2. The van der Waals surface area contributed by atoms with Gasteiger partial charge in [-0.05, 0) is 43.5 Å². The molecule has 25 heavy (non-hydrogen) atoms. The molecule has 6 heteroatoms. The van der Waals surface area contributed by atoms with Crippen molar-refractivity contribution in [3.63, 3.8) is 0 Å². The van der Waals surface area contributed by atoms with E-state index in [0.717, 1.165) is 47.1 Å². The monoisotopic (exact) mass is 386 g/mol. The Hall–Kier alpha value is -1.50. The number of thioether (sulfide) groups is 1. The maximum Gasteiger partial charge on any atom is 0.297 e. The number of anilines is 2. The van der Waals surface area contributed by atoms with Crippen LogP contribution in [0, 0.1) is 0 Å². The Balaban J connectivity index is 1.62. The zero-order valence-electron chi connectivity index (χ0n) is 13.7. The molecule has 4 rings (SSSR count). The van der Waals surface area contributed by atoms with Gasteiger partial charge in [0, 0.05) is 34.6 Å². The third-order valence-corrected chi connectivity index (χ3v) is 6.83. The zero-order valence-corrected chi connectivity index (χ0v) is 16.1. The largest absolute Gasteiger partial charge is 0.357 e. The second kappa shape index (κ2) is 7.40. The van der Waals surface area contributed by atoms with Crippen LogP contribution in [0.2, 0.25) is 0 Å². The van der Waals surface area contributed by atoms with Crippen LogP contribution in [0.1, 0.15) is 19.3 Å². The molecule has 2 aromatic rings. The van der Waals surface area contributed by atoms with Crippen molar-refractivity contribution in [2.45, 2.75) is 29.1 Å². The zero-order chi connectivity index (χ0) is 17.2. The van der Waals surface area contributed by atoms with Crippen LogP contribution in [0.3, 0.4) is 0 Å². The molecule has 0 N–H and O–H groups in total. The number of carbonyl (C=O) groups is 1. The van der Waals surface area contributed by atoms with E-state index >= 15 is 0 Å². The van der Waals surface area contributed by atoms with E-state index in [1.54, 1.807) is 11.8 Å². The van der Waals surface area contributed by atoms with Crippen LogP contribution in [-0.2, 0) is 0 Å². The fourth-order valence-electron chi connectivity index (χ4n) is 3.16. The number of piperidine rings is 1. The second-order valence-electron chi connectivity index (χ2n) is 6.05. The molecule has 1 fully saturated rings. The first kappa shape index (κ1) is 16.9. The van der Waals surface area contributed by atoms with Crippen LogP contribution in [-0.4, -0.2) is 27.5 Å². The topological polar surface area (TPSA) is 23.6 Å². The smallest absolute Gasteiger partial charge is 0.297 e. The van der Waals surface area contributed by atoms with Gasteiger partial charge in [0.05, 0.1) is 11.4 Å². The summed E-state index contributed by atoms with van der Waals surface area (Å²) in [5.74, 6) is 0. The quantitative estimate of drug-likeness (QED) is 0.524. The van der Waals surface area contributed by atoms with Crippen molar-refractivity contribution in [2.24, 2.45) is 0 Å². The van der Waals surface area contributed by atoms with Crippen molar-refractivity contribution in [2.75, 3.05) is 18.0 Å². The lowest BCUT2D eigenvalue weighted by Gasteiger charge is -2.32. The minimum absolute atomic E-state index is 0.0317. The Morgan fingerprint density at radius 2 is 1.48 bits per heavy atom. The van der Waals surface area contributed by atoms with Crippen LogP contribution in [0.15, 0.2) is 58.3 Å². The van der Waals surface area contributed by atoms with E-state index in [1.807, 2.05) is 41.3 Å². The number of benzene rings is 2. The lowest BCUT2D eigenvalue weighted by atomic mass is 10.1. The fraction of sp³-hybridized carbons (Fsp3) is 0.263. The summed E-state index contributed by atoms with van der Waals surface area (Å²) in [5.41, 5.74) is 1.87. The molecule has 0 unspecified atom stereocenters. The number of para-hydroxylation sites is 2. The van der Waals surface area contributed by atoms with Crippen molar-refractivity contribution in [3.05, 3.63) is 48.5 Å². The normalized spacial score (nSPS) is 16.2. The lowest BCUT2D eigenvalue weighted by molar-refractivity contribution is 0.267. The van der Waals surface area contributed by atoms with Crippen molar-refractivity contribution in [1.82, 2.24) is 4.90 Å². The van der Waals surface area contributed by atoms with E-state index in [9.17, 15) is 4.79 Å². The van der Waals surface area contributed by atoms with Gasteiger partial charge in [0.1, 0.15) is 4.32 Å². The van der Waals surface area contributed by atoms with Gasteiger partial charge in [0.15, 0.2) is 0 Å². The predicted molar refractivity (Wildman–Crippen MR) is 110 cm³/mol. The SMILES string of the molecule is O=C(SC(=S)N1CCCCC1)N1c2ccccc2Sc2ccccc21. The van der Waals surface area contributed by atoms with Gasteiger partial charge in [-0.3, -0.25) is 9.69 Å². The van der Waals surface area contributed by atoms with Crippen LogP contribution in [0.25, 0.3) is 0 Å². The molecule has 2 heterocycles. The number of thiocarbonyl (C=S) groups is 1. The Bertz CT molecular complexity index is 772. The molecular formula is C19H18N2OS3. The van der Waals surface area contributed by atoms with E-state index in [4.69, 9.17) is 12.2 Å². The molecule has 2 aromatic carbocycles. The molecule has 128 valence electrons. The third-order valence-electron chi connectivity index (χ3n) is 4.40. The van der Waals surface area contributed by atoms with E-state index in [2.05, 4.69) is 17.0 Å². The van der Waals surface area contributed by atoms with E-state index in [1.165, 1.54) is 18.2 Å². The average molecular weight is 387 g/mol. The van der Waals surface area contributed by atoms with Gasteiger partial charge in [0.25, 0.3) is 5.24 Å². The summed E-state index contributed by atoms with van der Waals surface area (Å²) >= 11 is 8.43. The first-order valence-corrected chi connectivity index (χ1v) is 10.4. The molecule has 0 aromatic heterocycles. The van der Waals surface area contributed by atoms with Crippen molar-refractivity contribution < 1.29 is 4.79 Å². The molecular weight excluding hydrogens is 368 g/mol. The Labute approximate surface area is 161 Å². The fourth-order valence-corrected chi connectivity index (χ4v) is 5.37. The lowest BCUT2D eigenvalue weighted by Crippen LogP contribution is -2.35. The van der Waals surface area contributed by atoms with Gasteiger partial charge in [-0.15, -0.1) is 0 Å². The number of rotatable bonds is 0. The summed E-state index contributed by atoms with van der Waals surface area (Å²) in [6.45, 7) is 1.92. The maximum absolute atomic E-state index is 13.1. The Kier molecular flexibility index (Phi) is 5.01. The van der Waals surface area contributed by atoms with E-state index < -0.39 is 0 Å². The molecule has 0 radical (unpaired) electrons. The van der Waals surface area contributed by atoms with Crippen LogP contribution in [0.4, 0.5) is 16.2 Å². The third kappa shape index (κ3) is 3.43. The van der Waals surface area contributed by atoms with Gasteiger partial charge in [-0.2, -0.15) is 0 Å². The summed E-state index contributed by atoms with van der Waals surface area (Å²) in [6.07, 6.45) is 3.56. The summed E-state index contributed by atoms with van der Waals surface area (Å²) in [5, 5.41) is -0.0317. The molecule has 0 atom stereocenters. The number of hydrogen-bond donors (Lipinski definition) is 0. The van der Waals surface area contributed by atoms with Crippen LogP contribution < -0.4 is 4.90 Å². The molecule has 3 nitrogen and oxygen atoms in total. The minimum Gasteiger partial charge on any atom is -0.357 e. The number of hydrogen-bond acceptors (Lipinski definition) is 4. The van der Waals surface area contributed by atoms with Crippen molar-refractivity contribution >= 4 is 56.7 Å². The van der Waals surface area contributed by atoms with Crippen molar-refractivity contribution in [3.8, 4) is 0 Å². The maximum atomic E-state index is 13.1. The highest BCUT2D eigenvalue weighted by atomic mass is 32.2. The Morgan fingerprint density at radius 1 is 0.920 bits per heavy atom. The predicted octanol–water partition coefficient (Wildman–Crippen LogP) is 5.91. The minimum atomic E-state index is -0.0317. The van der Waals surface area contributed by atoms with Crippen LogP contribution >= 0.6 is 35.7 Å². The molecule has 2 aliphatic rings. The molecule has 1 amide bonds. The molecule has 0 saturated carbocycles. The standard InChI is InChI=1S/C19H18N2OS3/c22-18(25-19(23)20-12-6-1-7-13-20)21-14-8-2-4-10-16(14)24-17-11-5-3-9-15(17)21/h2-5,8-11H,1,6-7,12-13H2. The second-order valence-corrected chi connectivity index (χ2v) is 8.72. The van der Waals surface area contributed by atoms with Gasteiger partial charge in [-0.25, -0.2) is 0 Å². The first-order chi connectivity index (χ1) is 12.2. The number of amides is 1. The first-order valence-electron chi connectivity index (χ1n) is 8.41. The highest BCUT2D eigenvalue weighted by Crippen LogP contribution is 2.48. The summed E-state index contributed by atoms with van der Waals surface area (Å²) in [6, 6.07) is 16.1. The molecule has 1 saturated heterocycles. The van der Waals surface area contributed by atoms with Gasteiger partial charge in [-0.1, -0.05) is 48.2 Å².